The van der Waals surface area contributed by atoms with E-state index in [0.717, 1.165) is 0 Å². The number of fused-ring (bicyclic) bond motifs is 1. The molecule has 7 heteroatoms. The fraction of sp³-hybridized carbons (Fsp3) is 0.176. The van der Waals surface area contributed by atoms with Crippen LogP contribution >= 0.6 is 0 Å². The Labute approximate surface area is 137 Å². The third-order valence-corrected chi connectivity index (χ3v) is 3.45. The van der Waals surface area contributed by atoms with Crippen LogP contribution < -0.4 is 14.2 Å². The van der Waals surface area contributed by atoms with Crippen molar-refractivity contribution in [1.29, 1.82) is 0 Å². The minimum atomic E-state index is -0.802. The summed E-state index contributed by atoms with van der Waals surface area (Å²) < 4.78 is 20.2. The van der Waals surface area contributed by atoms with Crippen molar-refractivity contribution in [3.05, 3.63) is 47.5 Å². The number of carbonyl (C=O) groups excluding carboxylic acids is 2. The lowest BCUT2D eigenvalue weighted by molar-refractivity contribution is 0.0471. The van der Waals surface area contributed by atoms with Crippen LogP contribution in [0.3, 0.4) is 0 Å². The maximum atomic E-state index is 12.1. The Morgan fingerprint density at radius 2 is 1.92 bits per heavy atom. The SMILES string of the molecule is COc1ccc(C(=O)OCC(=O)c2ccc3c(c2)OCO3)c(O)c1. The summed E-state index contributed by atoms with van der Waals surface area (Å²) >= 11 is 0. The van der Waals surface area contributed by atoms with Crippen molar-refractivity contribution in [3.63, 3.8) is 0 Å². The van der Waals surface area contributed by atoms with Gasteiger partial charge in [-0.3, -0.25) is 4.79 Å². The maximum absolute atomic E-state index is 12.1. The Hall–Kier alpha value is -3.22. The maximum Gasteiger partial charge on any atom is 0.342 e. The minimum absolute atomic E-state index is 0.0470. The lowest BCUT2D eigenvalue weighted by Crippen LogP contribution is -2.14. The number of rotatable bonds is 5. The summed E-state index contributed by atoms with van der Waals surface area (Å²) in [6.45, 7) is -0.345. The highest BCUT2D eigenvalue weighted by Crippen LogP contribution is 2.32. The number of ketones is 1. The number of aromatic hydroxyl groups is 1. The molecule has 7 nitrogen and oxygen atoms in total. The summed E-state index contributed by atoms with van der Waals surface area (Å²) in [5.41, 5.74) is 0.292. The van der Waals surface area contributed by atoms with E-state index in [0.29, 0.717) is 22.8 Å². The van der Waals surface area contributed by atoms with E-state index in [2.05, 4.69) is 0 Å². The molecule has 0 aliphatic carbocycles. The molecule has 1 N–H and O–H groups in total. The molecule has 1 aliphatic heterocycles. The van der Waals surface area contributed by atoms with E-state index in [-0.39, 0.29) is 18.1 Å². The predicted octanol–water partition coefficient (Wildman–Crippen LogP) is 2.17. The van der Waals surface area contributed by atoms with Crippen molar-refractivity contribution < 1.29 is 33.6 Å². The van der Waals surface area contributed by atoms with Crippen molar-refractivity contribution in [2.75, 3.05) is 20.5 Å². The first-order valence-electron chi connectivity index (χ1n) is 7.05. The average molecular weight is 330 g/mol. The van der Waals surface area contributed by atoms with E-state index < -0.39 is 18.4 Å². The normalized spacial score (nSPS) is 11.9. The highest BCUT2D eigenvalue weighted by Gasteiger charge is 2.19. The van der Waals surface area contributed by atoms with Crippen LogP contribution in [0.5, 0.6) is 23.0 Å². The number of carbonyl (C=O) groups is 2. The molecule has 2 aromatic carbocycles. The zero-order valence-corrected chi connectivity index (χ0v) is 12.8. The van der Waals surface area contributed by atoms with Gasteiger partial charge in [-0.1, -0.05) is 0 Å². The number of hydrogen-bond acceptors (Lipinski definition) is 7. The molecule has 0 saturated heterocycles. The number of esters is 1. The smallest absolute Gasteiger partial charge is 0.342 e. The van der Waals surface area contributed by atoms with Gasteiger partial charge in [-0.15, -0.1) is 0 Å². The molecule has 0 spiro atoms. The molecule has 0 atom stereocenters. The van der Waals surface area contributed by atoms with E-state index >= 15 is 0 Å². The van der Waals surface area contributed by atoms with Gasteiger partial charge in [0.15, 0.2) is 23.9 Å². The molecule has 0 aromatic heterocycles. The minimum Gasteiger partial charge on any atom is -0.507 e. The average Bonchev–Trinajstić information content (AvgIpc) is 3.06. The van der Waals surface area contributed by atoms with Gasteiger partial charge in [-0.2, -0.15) is 0 Å². The van der Waals surface area contributed by atoms with Crippen LogP contribution in [-0.2, 0) is 4.74 Å². The Morgan fingerprint density at radius 3 is 2.67 bits per heavy atom. The topological polar surface area (TPSA) is 91.3 Å². The molecule has 0 bridgehead atoms. The van der Waals surface area contributed by atoms with Gasteiger partial charge in [0.25, 0.3) is 0 Å². The molecule has 1 heterocycles. The first kappa shape index (κ1) is 15.7. The Morgan fingerprint density at radius 1 is 1.12 bits per heavy atom. The molecule has 1 aliphatic rings. The molecule has 0 fully saturated rings. The van der Waals surface area contributed by atoms with E-state index in [1.807, 2.05) is 0 Å². The van der Waals surface area contributed by atoms with Gasteiger partial charge in [-0.05, 0) is 30.3 Å². The van der Waals surface area contributed by atoms with Gasteiger partial charge in [0, 0.05) is 11.6 Å². The second kappa shape index (κ2) is 6.49. The third kappa shape index (κ3) is 3.10. The predicted molar refractivity (Wildman–Crippen MR) is 81.8 cm³/mol. The lowest BCUT2D eigenvalue weighted by atomic mass is 10.1. The van der Waals surface area contributed by atoms with Crippen LogP contribution in [0.1, 0.15) is 20.7 Å². The van der Waals surface area contributed by atoms with Crippen LogP contribution in [-0.4, -0.2) is 37.4 Å². The van der Waals surface area contributed by atoms with Crippen LogP contribution in [0, 0.1) is 0 Å². The van der Waals surface area contributed by atoms with Crippen molar-refractivity contribution in [2.24, 2.45) is 0 Å². The zero-order chi connectivity index (χ0) is 17.1. The summed E-state index contributed by atoms with van der Waals surface area (Å²) in [6.07, 6.45) is 0. The summed E-state index contributed by atoms with van der Waals surface area (Å²) in [4.78, 5) is 24.1. The molecule has 0 unspecified atom stereocenters. The van der Waals surface area contributed by atoms with Crippen molar-refractivity contribution in [1.82, 2.24) is 0 Å². The second-order valence-corrected chi connectivity index (χ2v) is 4.95. The summed E-state index contributed by atoms with van der Waals surface area (Å²) in [7, 11) is 1.44. The molecular formula is C17H14O7. The van der Waals surface area contributed by atoms with E-state index in [9.17, 15) is 14.7 Å². The number of phenols is 1. The van der Waals surface area contributed by atoms with Gasteiger partial charge < -0.3 is 24.1 Å². The molecule has 2 aromatic rings. The van der Waals surface area contributed by atoms with Crippen molar-refractivity contribution in [3.8, 4) is 23.0 Å². The molecule has 0 radical (unpaired) electrons. The molecule has 0 saturated carbocycles. The summed E-state index contributed by atoms with van der Waals surface area (Å²) in [6, 6.07) is 8.87. The summed E-state index contributed by atoms with van der Waals surface area (Å²) in [5, 5.41) is 9.78. The Bertz CT molecular complexity index is 798. The number of methoxy groups -OCH3 is 1. The van der Waals surface area contributed by atoms with Gasteiger partial charge in [0.05, 0.1) is 7.11 Å². The van der Waals surface area contributed by atoms with E-state index in [1.54, 1.807) is 12.1 Å². The molecule has 3 rings (SSSR count). The van der Waals surface area contributed by atoms with Gasteiger partial charge >= 0.3 is 5.97 Å². The highest BCUT2D eigenvalue weighted by atomic mass is 16.7. The van der Waals surface area contributed by atoms with E-state index in [1.165, 1.54) is 31.4 Å². The van der Waals surface area contributed by atoms with Crippen LogP contribution in [0.25, 0.3) is 0 Å². The number of benzene rings is 2. The quantitative estimate of drug-likeness (QED) is 0.663. The van der Waals surface area contributed by atoms with Crippen LogP contribution in [0.15, 0.2) is 36.4 Å². The Balaban J connectivity index is 1.64. The first-order chi connectivity index (χ1) is 11.6. The standard InChI is InChI=1S/C17H14O7/c1-21-11-3-4-12(13(18)7-11)17(20)22-8-14(19)10-2-5-15-16(6-10)24-9-23-15/h2-7,18H,8-9H2,1H3. The molecular weight excluding hydrogens is 316 g/mol. The van der Waals surface area contributed by atoms with Gasteiger partial charge in [-0.25, -0.2) is 4.79 Å². The summed E-state index contributed by atoms with van der Waals surface area (Å²) in [5.74, 6) is -0.0408. The van der Waals surface area contributed by atoms with Crippen LogP contribution in [0.4, 0.5) is 0 Å². The zero-order valence-electron chi connectivity index (χ0n) is 12.8. The lowest BCUT2D eigenvalue weighted by Gasteiger charge is -2.07. The first-order valence-corrected chi connectivity index (χ1v) is 7.05. The molecule has 124 valence electrons. The van der Waals surface area contributed by atoms with Gasteiger partial charge in [0.1, 0.15) is 17.1 Å². The van der Waals surface area contributed by atoms with Crippen molar-refractivity contribution in [2.45, 2.75) is 0 Å². The van der Waals surface area contributed by atoms with E-state index in [4.69, 9.17) is 18.9 Å². The van der Waals surface area contributed by atoms with Gasteiger partial charge in [0.2, 0.25) is 6.79 Å². The number of hydrogen-bond donors (Lipinski definition) is 1. The largest absolute Gasteiger partial charge is 0.507 e. The molecule has 0 amide bonds. The Kier molecular flexibility index (Phi) is 4.24. The number of Topliss-reactive ketones (excluding diaryl/α,β-unsaturated/α-hetero) is 1. The number of ether oxygens (including phenoxy) is 4. The van der Waals surface area contributed by atoms with Crippen LogP contribution in [0.2, 0.25) is 0 Å². The fourth-order valence-electron chi connectivity index (χ4n) is 2.17. The molecule has 24 heavy (non-hydrogen) atoms. The second-order valence-electron chi connectivity index (χ2n) is 4.95. The third-order valence-electron chi connectivity index (χ3n) is 3.45. The monoisotopic (exact) mass is 330 g/mol. The van der Waals surface area contributed by atoms with Crippen molar-refractivity contribution >= 4 is 11.8 Å². The fourth-order valence-corrected chi connectivity index (χ4v) is 2.17. The number of phenolic OH excluding ortho intramolecular Hbond substituents is 1. The highest BCUT2D eigenvalue weighted by molar-refractivity contribution is 6.00.